The van der Waals surface area contributed by atoms with E-state index < -0.39 is 0 Å². The number of fused-ring (bicyclic) bond motifs is 1. The number of amides is 1. The smallest absolute Gasteiger partial charge is 0.259 e. The van der Waals surface area contributed by atoms with Crippen LogP contribution in [0.3, 0.4) is 0 Å². The Labute approximate surface area is 144 Å². The number of aromatic nitrogens is 3. The predicted octanol–water partition coefficient (Wildman–Crippen LogP) is 4.08. The first-order chi connectivity index (χ1) is 12.0. The van der Waals surface area contributed by atoms with Gasteiger partial charge in [-0.3, -0.25) is 4.79 Å². The van der Waals surface area contributed by atoms with Gasteiger partial charge in [-0.2, -0.15) is 0 Å². The fourth-order valence-corrected chi connectivity index (χ4v) is 3.00. The van der Waals surface area contributed by atoms with Crippen LogP contribution in [-0.4, -0.2) is 21.2 Å². The molecule has 0 spiro atoms. The summed E-state index contributed by atoms with van der Waals surface area (Å²) in [5.74, 6) is 0.879. The van der Waals surface area contributed by atoms with E-state index in [4.69, 9.17) is 9.05 Å². The standard InChI is InChI=1S/C18H20N4O3/c1-8(2)15-14-12(17(23)20-16-9(3)21-24-10(16)4)7-13(11-5-6-11)19-18(14)25-22-15/h7-8,11H,5-6H2,1-4H3,(H,20,23). The van der Waals surface area contributed by atoms with E-state index in [-0.39, 0.29) is 11.8 Å². The zero-order chi connectivity index (χ0) is 17.7. The zero-order valence-corrected chi connectivity index (χ0v) is 14.7. The second-order valence-corrected chi connectivity index (χ2v) is 6.92. The Morgan fingerprint density at radius 3 is 2.60 bits per heavy atom. The monoisotopic (exact) mass is 340 g/mol. The van der Waals surface area contributed by atoms with E-state index in [1.165, 1.54) is 0 Å². The number of nitrogens with zero attached hydrogens (tertiary/aromatic N) is 3. The lowest BCUT2D eigenvalue weighted by Gasteiger charge is -2.09. The van der Waals surface area contributed by atoms with E-state index in [1.807, 2.05) is 19.9 Å². The number of aryl methyl sites for hydroxylation is 2. The fraction of sp³-hybridized carbons (Fsp3) is 0.444. The predicted molar refractivity (Wildman–Crippen MR) is 91.8 cm³/mol. The second kappa shape index (κ2) is 5.68. The molecule has 1 N–H and O–H groups in total. The van der Waals surface area contributed by atoms with Crippen molar-refractivity contribution >= 4 is 22.7 Å². The molecule has 7 nitrogen and oxygen atoms in total. The Morgan fingerprint density at radius 1 is 1.24 bits per heavy atom. The van der Waals surface area contributed by atoms with E-state index in [2.05, 4.69) is 20.6 Å². The maximum atomic E-state index is 13.0. The molecule has 0 saturated heterocycles. The summed E-state index contributed by atoms with van der Waals surface area (Å²) in [5, 5.41) is 11.6. The third-order valence-corrected chi connectivity index (χ3v) is 4.55. The average molecular weight is 340 g/mol. The molecule has 25 heavy (non-hydrogen) atoms. The first-order valence-corrected chi connectivity index (χ1v) is 8.50. The largest absolute Gasteiger partial charge is 0.359 e. The highest BCUT2D eigenvalue weighted by Crippen LogP contribution is 2.41. The van der Waals surface area contributed by atoms with Gasteiger partial charge in [-0.15, -0.1) is 0 Å². The van der Waals surface area contributed by atoms with Crippen LogP contribution >= 0.6 is 0 Å². The van der Waals surface area contributed by atoms with Crippen molar-refractivity contribution in [2.75, 3.05) is 5.32 Å². The van der Waals surface area contributed by atoms with Gasteiger partial charge in [0.25, 0.3) is 11.6 Å². The van der Waals surface area contributed by atoms with Gasteiger partial charge in [-0.25, -0.2) is 4.98 Å². The van der Waals surface area contributed by atoms with E-state index in [1.54, 1.807) is 13.8 Å². The summed E-state index contributed by atoms with van der Waals surface area (Å²) >= 11 is 0. The summed E-state index contributed by atoms with van der Waals surface area (Å²) in [4.78, 5) is 17.6. The van der Waals surface area contributed by atoms with Crippen molar-refractivity contribution in [3.05, 3.63) is 34.5 Å². The van der Waals surface area contributed by atoms with Gasteiger partial charge in [0, 0.05) is 11.6 Å². The Balaban J connectivity index is 1.83. The van der Waals surface area contributed by atoms with Crippen LogP contribution in [0.15, 0.2) is 15.1 Å². The molecule has 1 aliphatic rings. The lowest BCUT2D eigenvalue weighted by Crippen LogP contribution is -2.14. The van der Waals surface area contributed by atoms with E-state index >= 15 is 0 Å². The molecule has 1 fully saturated rings. The highest BCUT2D eigenvalue weighted by molar-refractivity contribution is 6.12. The summed E-state index contributed by atoms with van der Waals surface area (Å²) < 4.78 is 10.6. The van der Waals surface area contributed by atoms with Crippen LogP contribution in [0.4, 0.5) is 5.69 Å². The molecule has 3 heterocycles. The van der Waals surface area contributed by atoms with Crippen molar-refractivity contribution in [1.82, 2.24) is 15.3 Å². The molecule has 0 aromatic carbocycles. The Kier molecular flexibility index (Phi) is 3.59. The van der Waals surface area contributed by atoms with Crippen LogP contribution in [-0.2, 0) is 0 Å². The quantitative estimate of drug-likeness (QED) is 0.769. The molecule has 0 atom stereocenters. The highest BCUT2D eigenvalue weighted by Gasteiger charge is 2.30. The number of carbonyl (C=O) groups excluding carboxylic acids is 1. The second-order valence-electron chi connectivity index (χ2n) is 6.92. The van der Waals surface area contributed by atoms with Crippen LogP contribution in [0.2, 0.25) is 0 Å². The van der Waals surface area contributed by atoms with Gasteiger partial charge >= 0.3 is 0 Å². The molecule has 3 aromatic heterocycles. The molecule has 1 amide bonds. The minimum Gasteiger partial charge on any atom is -0.359 e. The molecule has 3 aromatic rings. The van der Waals surface area contributed by atoms with Gasteiger partial charge in [0.1, 0.15) is 11.4 Å². The molecule has 1 aliphatic carbocycles. The maximum Gasteiger partial charge on any atom is 0.259 e. The number of rotatable bonds is 4. The Bertz CT molecular complexity index is 947. The highest BCUT2D eigenvalue weighted by atomic mass is 16.5. The molecule has 4 rings (SSSR count). The van der Waals surface area contributed by atoms with Gasteiger partial charge in [0.15, 0.2) is 5.76 Å². The molecular formula is C18H20N4O3. The van der Waals surface area contributed by atoms with Crippen LogP contribution in [0, 0.1) is 13.8 Å². The summed E-state index contributed by atoms with van der Waals surface area (Å²) in [6.45, 7) is 7.60. The normalized spacial score (nSPS) is 14.4. The Morgan fingerprint density at radius 2 is 2.00 bits per heavy atom. The number of hydrogen-bond acceptors (Lipinski definition) is 6. The topological polar surface area (TPSA) is 94.1 Å². The van der Waals surface area contributed by atoms with Crippen LogP contribution in [0.25, 0.3) is 11.1 Å². The van der Waals surface area contributed by atoms with Crippen LogP contribution in [0.5, 0.6) is 0 Å². The maximum absolute atomic E-state index is 13.0. The third-order valence-electron chi connectivity index (χ3n) is 4.55. The van der Waals surface area contributed by atoms with E-state index in [9.17, 15) is 4.79 Å². The van der Waals surface area contributed by atoms with Crippen molar-refractivity contribution in [2.45, 2.75) is 52.4 Å². The van der Waals surface area contributed by atoms with Crippen molar-refractivity contribution in [3.63, 3.8) is 0 Å². The number of carbonyl (C=O) groups is 1. The van der Waals surface area contributed by atoms with E-state index in [0.717, 1.165) is 24.2 Å². The van der Waals surface area contributed by atoms with Crippen LogP contribution < -0.4 is 5.32 Å². The molecular weight excluding hydrogens is 320 g/mol. The van der Waals surface area contributed by atoms with Crippen molar-refractivity contribution < 1.29 is 13.8 Å². The molecule has 0 unspecified atom stereocenters. The van der Waals surface area contributed by atoms with Gasteiger partial charge in [0.2, 0.25) is 0 Å². The molecule has 0 bridgehead atoms. The van der Waals surface area contributed by atoms with Crippen molar-refractivity contribution in [3.8, 4) is 0 Å². The molecule has 0 radical (unpaired) electrons. The molecule has 1 saturated carbocycles. The Hall–Kier alpha value is -2.70. The van der Waals surface area contributed by atoms with Gasteiger partial charge < -0.3 is 14.4 Å². The minimum absolute atomic E-state index is 0.125. The van der Waals surface area contributed by atoms with Crippen molar-refractivity contribution in [1.29, 1.82) is 0 Å². The molecule has 7 heteroatoms. The number of pyridine rings is 1. The SMILES string of the molecule is Cc1noc(C)c1NC(=O)c1cc(C2CC2)nc2onc(C(C)C)c12. The van der Waals surface area contributed by atoms with Crippen molar-refractivity contribution in [2.24, 2.45) is 0 Å². The first-order valence-electron chi connectivity index (χ1n) is 8.50. The number of hydrogen-bond donors (Lipinski definition) is 1. The summed E-state index contributed by atoms with van der Waals surface area (Å²) in [5.41, 5.74) is 3.85. The lowest BCUT2D eigenvalue weighted by atomic mass is 10.0. The first kappa shape index (κ1) is 15.8. The van der Waals surface area contributed by atoms with Gasteiger partial charge in [-0.1, -0.05) is 24.2 Å². The summed E-state index contributed by atoms with van der Waals surface area (Å²) in [6.07, 6.45) is 2.18. The lowest BCUT2D eigenvalue weighted by molar-refractivity contribution is 0.102. The summed E-state index contributed by atoms with van der Waals surface area (Å²) in [7, 11) is 0. The summed E-state index contributed by atoms with van der Waals surface area (Å²) in [6, 6.07) is 1.87. The molecule has 0 aliphatic heterocycles. The minimum atomic E-state index is -0.228. The van der Waals surface area contributed by atoms with Gasteiger partial charge in [0.05, 0.1) is 16.6 Å². The number of anilines is 1. The molecule has 130 valence electrons. The zero-order valence-electron chi connectivity index (χ0n) is 14.7. The average Bonchev–Trinajstić information content (AvgIpc) is 3.27. The van der Waals surface area contributed by atoms with Crippen LogP contribution in [0.1, 0.15) is 71.7 Å². The number of nitrogens with one attached hydrogen (secondary N) is 1. The van der Waals surface area contributed by atoms with E-state index in [0.29, 0.717) is 39.7 Å². The third kappa shape index (κ3) is 2.69. The van der Waals surface area contributed by atoms with Gasteiger partial charge in [-0.05, 0) is 38.7 Å². The fourth-order valence-electron chi connectivity index (χ4n) is 3.00.